The van der Waals surface area contributed by atoms with Crippen molar-refractivity contribution < 1.29 is 9.53 Å². The number of anilines is 1. The molecule has 1 unspecified atom stereocenters. The molecule has 0 fully saturated rings. The van der Waals surface area contributed by atoms with Crippen LogP contribution in [0.15, 0.2) is 87.8 Å². The Kier molecular flexibility index (Phi) is 7.14. The van der Waals surface area contributed by atoms with E-state index in [0.29, 0.717) is 36.4 Å². The molecule has 0 aromatic heterocycles. The molecule has 192 valence electrons. The summed E-state index contributed by atoms with van der Waals surface area (Å²) in [7, 11) is 0. The smallest absolute Gasteiger partial charge is 0.161 e. The quantitative estimate of drug-likeness (QED) is 0.351. The summed E-state index contributed by atoms with van der Waals surface area (Å²) >= 11 is 3.64. The molecule has 3 aromatic rings. The third-order valence-corrected chi connectivity index (χ3v) is 8.10. The largest absolute Gasteiger partial charge is 0.489 e. The van der Waals surface area contributed by atoms with Gasteiger partial charge in [-0.1, -0.05) is 47.5 Å². The lowest BCUT2D eigenvalue weighted by Crippen LogP contribution is -2.39. The first-order valence-corrected chi connectivity index (χ1v) is 13.6. The fraction of sp³-hybridized carbons (Fsp3) is 0.250. The van der Waals surface area contributed by atoms with Crippen molar-refractivity contribution in [1.29, 1.82) is 5.26 Å². The number of carbonyl (C=O) groups is 1. The molecule has 5 nitrogen and oxygen atoms in total. The molecule has 3 aromatic carbocycles. The highest BCUT2D eigenvalue weighted by molar-refractivity contribution is 9.10. The summed E-state index contributed by atoms with van der Waals surface area (Å²) in [6.45, 7) is 6.51. The first-order valence-electron chi connectivity index (χ1n) is 12.8. The molecule has 0 saturated carbocycles. The maximum atomic E-state index is 13.6. The number of Topliss-reactive ketones (excluding diaryl/α,β-unsaturated/α-hetero) is 1. The summed E-state index contributed by atoms with van der Waals surface area (Å²) in [4.78, 5) is 15.5. The van der Waals surface area contributed by atoms with Crippen LogP contribution >= 0.6 is 15.9 Å². The van der Waals surface area contributed by atoms with Crippen molar-refractivity contribution in [2.24, 2.45) is 5.73 Å². The van der Waals surface area contributed by atoms with Crippen molar-refractivity contribution in [2.75, 3.05) is 4.90 Å². The Hall–Kier alpha value is -3.82. The maximum absolute atomic E-state index is 13.6. The predicted molar refractivity (Wildman–Crippen MR) is 153 cm³/mol. The highest BCUT2D eigenvalue weighted by atomic mass is 79.9. The lowest BCUT2D eigenvalue weighted by atomic mass is 9.73. The molecule has 0 bridgehead atoms. The fourth-order valence-electron chi connectivity index (χ4n) is 5.51. The first kappa shape index (κ1) is 25.8. The van der Waals surface area contributed by atoms with Gasteiger partial charge in [-0.05, 0) is 90.5 Å². The van der Waals surface area contributed by atoms with E-state index in [1.165, 1.54) is 5.56 Å². The number of nitrogens with two attached hydrogens (primary N) is 1. The number of hydrogen-bond acceptors (Lipinski definition) is 5. The molecule has 1 aliphatic carbocycles. The molecular formula is C32H30BrN3O2. The Bertz CT molecular complexity index is 1530. The molecule has 1 atom stereocenters. The molecule has 0 radical (unpaired) electrons. The summed E-state index contributed by atoms with van der Waals surface area (Å²) < 4.78 is 6.97. The van der Waals surface area contributed by atoms with Crippen LogP contribution in [0.2, 0.25) is 0 Å². The summed E-state index contributed by atoms with van der Waals surface area (Å²) in [6, 6.07) is 22.3. The minimum Gasteiger partial charge on any atom is -0.489 e. The molecule has 0 saturated heterocycles. The molecule has 2 N–H and O–H groups in total. The van der Waals surface area contributed by atoms with Gasteiger partial charge >= 0.3 is 0 Å². The number of ether oxygens (including phenoxy) is 1. The number of para-hydroxylation sites is 1. The first-order chi connectivity index (χ1) is 18.3. The van der Waals surface area contributed by atoms with E-state index in [-0.39, 0.29) is 5.78 Å². The molecule has 38 heavy (non-hydrogen) atoms. The van der Waals surface area contributed by atoms with Crippen molar-refractivity contribution in [1.82, 2.24) is 0 Å². The van der Waals surface area contributed by atoms with Gasteiger partial charge in [0, 0.05) is 22.2 Å². The number of nitriles is 1. The fourth-order valence-corrected chi connectivity index (χ4v) is 5.98. The minimum atomic E-state index is -0.514. The van der Waals surface area contributed by atoms with Crippen molar-refractivity contribution in [3.63, 3.8) is 0 Å². The van der Waals surface area contributed by atoms with Crippen LogP contribution in [0.5, 0.6) is 5.75 Å². The normalized spacial score (nSPS) is 17.4. The van der Waals surface area contributed by atoms with Gasteiger partial charge in [-0.15, -0.1) is 0 Å². The van der Waals surface area contributed by atoms with E-state index in [2.05, 4.69) is 34.1 Å². The van der Waals surface area contributed by atoms with Crippen LogP contribution in [0.1, 0.15) is 53.0 Å². The molecule has 0 spiro atoms. The number of aryl methyl sites for hydroxylation is 2. The predicted octanol–water partition coefficient (Wildman–Crippen LogP) is 7.26. The summed E-state index contributed by atoms with van der Waals surface area (Å²) in [5.41, 5.74) is 14.7. The van der Waals surface area contributed by atoms with E-state index in [1.807, 2.05) is 74.2 Å². The SMILES string of the molecule is Cc1ccc(OCc2cc(C)cc(C3C(C#N)=C(N)N(c4ccccc4Br)C4=C3C(=O)CCC4)c2C)cc1. The molecule has 6 heteroatoms. The van der Waals surface area contributed by atoms with Gasteiger partial charge in [-0.3, -0.25) is 9.69 Å². The van der Waals surface area contributed by atoms with Gasteiger partial charge in [0.25, 0.3) is 0 Å². The number of allylic oxidation sites excluding steroid dienone is 3. The van der Waals surface area contributed by atoms with E-state index < -0.39 is 5.92 Å². The van der Waals surface area contributed by atoms with Gasteiger partial charge in [0.2, 0.25) is 0 Å². The Morgan fingerprint density at radius 2 is 1.79 bits per heavy atom. The van der Waals surface area contributed by atoms with E-state index in [0.717, 1.165) is 50.3 Å². The van der Waals surface area contributed by atoms with Crippen molar-refractivity contribution in [3.05, 3.63) is 116 Å². The number of nitrogens with zero attached hydrogens (tertiary/aromatic N) is 2. The number of benzene rings is 3. The highest BCUT2D eigenvalue weighted by Gasteiger charge is 2.41. The van der Waals surface area contributed by atoms with Crippen LogP contribution in [0, 0.1) is 32.1 Å². The van der Waals surface area contributed by atoms with E-state index in [1.54, 1.807) is 0 Å². The van der Waals surface area contributed by atoms with Crippen molar-refractivity contribution >= 4 is 27.4 Å². The van der Waals surface area contributed by atoms with Crippen LogP contribution in [0.4, 0.5) is 5.69 Å². The van der Waals surface area contributed by atoms with Gasteiger partial charge in [-0.2, -0.15) is 5.26 Å². The van der Waals surface area contributed by atoms with Crippen LogP contribution < -0.4 is 15.4 Å². The number of ketones is 1. The zero-order valence-electron chi connectivity index (χ0n) is 21.8. The number of halogens is 1. The second-order valence-electron chi connectivity index (χ2n) is 10.0. The standard InChI is InChI=1S/C32H30BrN3O2/c1-19-11-13-23(14-12-19)38-18-22-15-20(2)16-24(21(22)3)30-25(17-34)32(35)36(27-8-5-4-7-26(27)33)28-9-6-10-29(37)31(28)30/h4-5,7-8,11-16,30H,6,9-10,18,35H2,1-3H3. The number of rotatable bonds is 5. The van der Waals surface area contributed by atoms with Crippen molar-refractivity contribution in [2.45, 2.75) is 52.6 Å². The highest BCUT2D eigenvalue weighted by Crippen LogP contribution is 2.48. The zero-order chi connectivity index (χ0) is 27.0. The molecular weight excluding hydrogens is 538 g/mol. The molecule has 1 aliphatic heterocycles. The summed E-state index contributed by atoms with van der Waals surface area (Å²) in [5, 5.41) is 10.4. The van der Waals surface area contributed by atoms with E-state index in [4.69, 9.17) is 10.5 Å². The summed E-state index contributed by atoms with van der Waals surface area (Å²) in [6.07, 6.45) is 1.93. The average Bonchev–Trinajstić information content (AvgIpc) is 2.90. The Labute approximate surface area is 232 Å². The van der Waals surface area contributed by atoms with Gasteiger partial charge in [0.1, 0.15) is 18.2 Å². The Balaban J connectivity index is 1.64. The zero-order valence-corrected chi connectivity index (χ0v) is 23.4. The monoisotopic (exact) mass is 567 g/mol. The topological polar surface area (TPSA) is 79.3 Å². The van der Waals surface area contributed by atoms with E-state index >= 15 is 0 Å². The lowest BCUT2D eigenvalue weighted by Gasteiger charge is -2.40. The van der Waals surface area contributed by atoms with Gasteiger partial charge in [0.15, 0.2) is 5.78 Å². The van der Waals surface area contributed by atoms with Crippen LogP contribution in [0.3, 0.4) is 0 Å². The molecule has 2 aliphatic rings. The molecule has 5 rings (SSSR count). The second-order valence-corrected chi connectivity index (χ2v) is 10.9. The van der Waals surface area contributed by atoms with Crippen LogP contribution in [-0.4, -0.2) is 5.78 Å². The molecule has 1 heterocycles. The minimum absolute atomic E-state index is 0.0758. The van der Waals surface area contributed by atoms with Crippen LogP contribution in [0.25, 0.3) is 0 Å². The third-order valence-electron chi connectivity index (χ3n) is 7.43. The second kappa shape index (κ2) is 10.5. The average molecular weight is 569 g/mol. The van der Waals surface area contributed by atoms with E-state index in [9.17, 15) is 10.1 Å². The Morgan fingerprint density at radius 3 is 2.50 bits per heavy atom. The van der Waals surface area contributed by atoms with Gasteiger partial charge in [0.05, 0.1) is 23.2 Å². The number of carbonyl (C=O) groups excluding carboxylic acids is 1. The lowest BCUT2D eigenvalue weighted by molar-refractivity contribution is -0.116. The van der Waals surface area contributed by atoms with Gasteiger partial charge < -0.3 is 10.5 Å². The Morgan fingerprint density at radius 1 is 1.05 bits per heavy atom. The van der Waals surface area contributed by atoms with Gasteiger partial charge in [-0.25, -0.2) is 0 Å². The molecule has 0 amide bonds. The number of hydrogen-bond donors (Lipinski definition) is 1. The maximum Gasteiger partial charge on any atom is 0.161 e. The summed E-state index contributed by atoms with van der Waals surface area (Å²) in [5.74, 6) is 0.733. The third kappa shape index (κ3) is 4.63. The van der Waals surface area contributed by atoms with Crippen molar-refractivity contribution in [3.8, 4) is 11.8 Å². The van der Waals surface area contributed by atoms with Crippen LogP contribution in [-0.2, 0) is 11.4 Å².